The number of benzene rings is 1. The highest BCUT2D eigenvalue weighted by Gasteiger charge is 2.94. The summed E-state index contributed by atoms with van der Waals surface area (Å²) < 4.78 is 214. The number of rotatable bonds is 10. The number of amides is 1. The number of thiazole rings is 1. The highest BCUT2D eigenvalue weighted by Crippen LogP contribution is 2.62. The number of hydrogen-bond donors (Lipinski definition) is 1. The minimum absolute atomic E-state index is 0.00930. The molecular weight excluding hydrogens is 667 g/mol. The summed E-state index contributed by atoms with van der Waals surface area (Å²) in [6.45, 7) is 0. The van der Waals surface area contributed by atoms with Gasteiger partial charge >= 0.3 is 53.8 Å². The molecule has 0 saturated heterocycles. The van der Waals surface area contributed by atoms with Gasteiger partial charge in [-0.2, -0.15) is 61.5 Å². The van der Waals surface area contributed by atoms with Crippen LogP contribution in [0.4, 0.5) is 75.4 Å². The first-order chi connectivity index (χ1) is 17.7. The first-order valence-corrected chi connectivity index (χ1v) is 11.0. The molecule has 2 aromatic rings. The minimum atomic E-state index is -8.60. The summed E-state index contributed by atoms with van der Waals surface area (Å²) in [4.78, 5) is 15.1. The van der Waals surface area contributed by atoms with Crippen LogP contribution in [-0.4, -0.2) is 58.8 Å². The van der Waals surface area contributed by atoms with Gasteiger partial charge in [0.2, 0.25) is 0 Å². The van der Waals surface area contributed by atoms with Crippen molar-refractivity contribution in [2.75, 3.05) is 5.32 Å². The largest absolute Gasteiger partial charge is 0.393 e. The molecule has 0 aliphatic carbocycles. The number of carbonyl (C=O) groups is 1. The summed E-state index contributed by atoms with van der Waals surface area (Å²) in [6, 6.07) is 3.50. The van der Waals surface area contributed by atoms with Crippen molar-refractivity contribution < 1.29 is 75.0 Å². The van der Waals surface area contributed by atoms with Crippen LogP contribution in [0, 0.1) is 0 Å². The zero-order valence-electron chi connectivity index (χ0n) is 18.0. The first kappa shape index (κ1) is 34.0. The van der Waals surface area contributed by atoms with Crippen molar-refractivity contribution in [3.63, 3.8) is 0 Å². The lowest BCUT2D eigenvalue weighted by Gasteiger charge is -2.42. The fourth-order valence-corrected chi connectivity index (χ4v) is 3.59. The van der Waals surface area contributed by atoms with Crippen molar-refractivity contribution in [2.24, 2.45) is 0 Å². The van der Waals surface area contributed by atoms with Crippen LogP contribution in [0.3, 0.4) is 0 Å². The molecule has 1 amide bonds. The highest BCUT2D eigenvalue weighted by molar-refractivity contribution is 7.14. The van der Waals surface area contributed by atoms with Crippen molar-refractivity contribution >= 4 is 45.6 Å². The van der Waals surface area contributed by atoms with E-state index in [-0.39, 0.29) is 32.6 Å². The molecule has 0 spiro atoms. The van der Waals surface area contributed by atoms with Crippen LogP contribution in [0.25, 0.3) is 11.3 Å². The second-order valence-corrected chi connectivity index (χ2v) is 9.16. The van der Waals surface area contributed by atoms with Crippen LogP contribution in [0.2, 0.25) is 10.0 Å². The van der Waals surface area contributed by atoms with Gasteiger partial charge in [0.1, 0.15) is 0 Å². The number of alkyl halides is 16. The van der Waals surface area contributed by atoms with Gasteiger partial charge in [0.25, 0.3) is 0 Å². The van der Waals surface area contributed by atoms with Crippen molar-refractivity contribution in [2.45, 2.75) is 47.9 Å². The summed E-state index contributed by atoms with van der Waals surface area (Å²) in [6.07, 6.45) is -5.95. The number of aromatic nitrogens is 1. The molecule has 0 unspecified atom stereocenters. The molecule has 226 valence electrons. The van der Waals surface area contributed by atoms with Crippen molar-refractivity contribution in [1.82, 2.24) is 4.98 Å². The molecule has 0 saturated carbocycles. The molecule has 1 N–H and O–H groups in total. The number of halogens is 18. The number of hydrogen-bond acceptors (Lipinski definition) is 3. The summed E-state index contributed by atoms with van der Waals surface area (Å²) in [5.41, 5.74) is -0.217. The van der Waals surface area contributed by atoms with Crippen LogP contribution in [0.5, 0.6) is 0 Å². The van der Waals surface area contributed by atoms with Crippen molar-refractivity contribution in [1.29, 1.82) is 0 Å². The smallest absolute Gasteiger partial charge is 0.296 e. The maximum absolute atomic E-state index is 14.0. The topological polar surface area (TPSA) is 42.0 Å². The maximum Gasteiger partial charge on any atom is 0.393 e. The lowest BCUT2D eigenvalue weighted by Crippen LogP contribution is -2.74. The van der Waals surface area contributed by atoms with Crippen molar-refractivity contribution in [3.05, 3.63) is 33.6 Å². The van der Waals surface area contributed by atoms with Gasteiger partial charge in [-0.1, -0.05) is 29.3 Å². The SMILES string of the molecule is O=C(Nc1nc(-c2ccc(Cl)c(Cl)c2)cs1)C(F)(F)C(F)(F)C(F)(F)C(F)(F)C(F)(F)C(F)(F)C(F)(F)C(F)F. The van der Waals surface area contributed by atoms with Gasteiger partial charge in [-0.15, -0.1) is 11.3 Å². The van der Waals surface area contributed by atoms with E-state index in [9.17, 15) is 75.0 Å². The molecule has 40 heavy (non-hydrogen) atoms. The second kappa shape index (κ2) is 10.2. The molecule has 0 fully saturated rings. The third-order valence-corrected chi connectivity index (χ3v) is 6.39. The van der Waals surface area contributed by atoms with E-state index in [1.165, 1.54) is 12.1 Å². The number of carbonyl (C=O) groups excluding carboxylic acids is 1. The Labute approximate surface area is 224 Å². The van der Waals surface area contributed by atoms with Crippen molar-refractivity contribution in [3.8, 4) is 11.3 Å². The van der Waals surface area contributed by atoms with Gasteiger partial charge in [-0.3, -0.25) is 10.1 Å². The van der Waals surface area contributed by atoms with Crippen LogP contribution < -0.4 is 5.32 Å². The number of anilines is 1. The van der Waals surface area contributed by atoms with Crippen LogP contribution in [-0.2, 0) is 4.79 Å². The van der Waals surface area contributed by atoms with Crippen LogP contribution in [0.15, 0.2) is 23.6 Å². The Balaban J connectivity index is 2.44. The summed E-state index contributed by atoms with van der Waals surface area (Å²) in [5.74, 6) is -60.2. The standard InChI is InChI=1S/C18H6Cl2F16N2OS/c19-6-2-1-5(3-7(6)20)8-4-40-11(37-8)38-10(39)13(25,26)15(29,30)17(33,34)18(35,36)16(31,32)14(27,28)12(23,24)9(21)22/h1-4,9H,(H,37,38,39). The minimum Gasteiger partial charge on any atom is -0.296 e. The lowest BCUT2D eigenvalue weighted by molar-refractivity contribution is -0.443. The number of nitrogens with zero attached hydrogens (tertiary/aromatic N) is 1. The van der Waals surface area contributed by atoms with Crippen LogP contribution >= 0.6 is 34.5 Å². The van der Waals surface area contributed by atoms with E-state index in [0.29, 0.717) is 0 Å². The molecule has 3 nitrogen and oxygen atoms in total. The van der Waals surface area contributed by atoms with Gasteiger partial charge in [-0.05, 0) is 12.1 Å². The van der Waals surface area contributed by atoms with E-state index in [4.69, 9.17) is 23.2 Å². The Bertz CT molecular complexity index is 1270. The van der Waals surface area contributed by atoms with E-state index in [0.717, 1.165) is 16.8 Å². The zero-order valence-corrected chi connectivity index (χ0v) is 20.3. The molecule has 1 aromatic carbocycles. The summed E-state index contributed by atoms with van der Waals surface area (Å²) >= 11 is 11.5. The fourth-order valence-electron chi connectivity index (χ4n) is 2.57. The highest BCUT2D eigenvalue weighted by atomic mass is 35.5. The fraction of sp³-hybridized carbons (Fsp3) is 0.444. The Morgan fingerprint density at radius 3 is 1.70 bits per heavy atom. The Hall–Kier alpha value is -2.22. The molecule has 0 bridgehead atoms. The number of nitrogens with one attached hydrogen (secondary N) is 1. The van der Waals surface area contributed by atoms with Gasteiger partial charge < -0.3 is 0 Å². The molecule has 22 heteroatoms. The third-order valence-electron chi connectivity index (χ3n) is 4.89. The Kier molecular flexibility index (Phi) is 8.71. The van der Waals surface area contributed by atoms with E-state index < -0.39 is 58.9 Å². The molecule has 0 radical (unpaired) electrons. The molecule has 2 rings (SSSR count). The molecule has 1 aromatic heterocycles. The molecule has 0 aliphatic heterocycles. The average Bonchev–Trinajstić information content (AvgIpc) is 3.28. The van der Waals surface area contributed by atoms with E-state index in [1.54, 1.807) is 0 Å². The predicted molar refractivity (Wildman–Crippen MR) is 107 cm³/mol. The summed E-state index contributed by atoms with van der Waals surface area (Å²) in [5, 5.41) is 0.492. The first-order valence-electron chi connectivity index (χ1n) is 9.37. The normalized spacial score (nSPS) is 14.6. The van der Waals surface area contributed by atoms with Gasteiger partial charge in [0, 0.05) is 10.9 Å². The Morgan fingerprint density at radius 2 is 1.23 bits per heavy atom. The second-order valence-electron chi connectivity index (χ2n) is 7.49. The lowest BCUT2D eigenvalue weighted by atomic mass is 9.89. The maximum atomic E-state index is 14.0. The van der Waals surface area contributed by atoms with Gasteiger partial charge in [-0.25, -0.2) is 13.8 Å². The summed E-state index contributed by atoms with van der Waals surface area (Å²) in [7, 11) is 0. The van der Waals surface area contributed by atoms with E-state index in [1.807, 2.05) is 0 Å². The molecule has 0 atom stereocenters. The zero-order chi connectivity index (χ0) is 31.5. The van der Waals surface area contributed by atoms with Gasteiger partial charge in [0.05, 0.1) is 15.7 Å². The quantitative estimate of drug-likeness (QED) is 0.257. The van der Waals surface area contributed by atoms with Crippen LogP contribution in [0.1, 0.15) is 0 Å². The van der Waals surface area contributed by atoms with E-state index >= 15 is 0 Å². The molecule has 0 aliphatic rings. The van der Waals surface area contributed by atoms with E-state index in [2.05, 4.69) is 4.98 Å². The van der Waals surface area contributed by atoms with Gasteiger partial charge in [0.15, 0.2) is 5.13 Å². The monoisotopic (exact) mass is 672 g/mol. The Morgan fingerprint density at radius 1 is 0.750 bits per heavy atom. The third kappa shape index (κ3) is 4.92. The predicted octanol–water partition coefficient (Wildman–Crippen LogP) is 8.77. The average molecular weight is 673 g/mol. The molecular formula is C18H6Cl2F16N2OS. The molecule has 1 heterocycles.